The van der Waals surface area contributed by atoms with E-state index in [-0.39, 0.29) is 11.7 Å². The van der Waals surface area contributed by atoms with Crippen molar-refractivity contribution in [2.24, 2.45) is 0 Å². The number of hydrogen-bond donors (Lipinski definition) is 2. The van der Waals surface area contributed by atoms with Gasteiger partial charge in [-0.15, -0.1) is 0 Å². The van der Waals surface area contributed by atoms with Crippen LogP contribution in [0.25, 0.3) is 0 Å². The zero-order valence-electron chi connectivity index (χ0n) is 9.83. The summed E-state index contributed by atoms with van der Waals surface area (Å²) < 4.78 is 5.68. The number of ether oxygens (including phenoxy) is 1. The van der Waals surface area contributed by atoms with Crippen LogP contribution in [0, 0.1) is 0 Å². The van der Waals surface area contributed by atoms with Crippen molar-refractivity contribution < 1.29 is 9.84 Å². The summed E-state index contributed by atoms with van der Waals surface area (Å²) in [5, 5.41) is 13.3. The van der Waals surface area contributed by atoms with Gasteiger partial charge in [0.2, 0.25) is 0 Å². The van der Waals surface area contributed by atoms with Crippen molar-refractivity contribution in [3.63, 3.8) is 0 Å². The lowest BCUT2D eigenvalue weighted by molar-refractivity contribution is -0.0656. The minimum absolute atomic E-state index is 0.000522. The molecule has 3 nitrogen and oxygen atoms in total. The van der Waals surface area contributed by atoms with E-state index in [2.05, 4.69) is 19.2 Å². The van der Waals surface area contributed by atoms with Gasteiger partial charge in [0.1, 0.15) is 0 Å². The molecule has 0 aromatic heterocycles. The Hall–Kier alpha value is -0.120. The number of nitrogens with one attached hydrogen (secondary N) is 1. The fraction of sp³-hybridized carbons (Fsp3) is 1.00. The third-order valence-electron chi connectivity index (χ3n) is 3.63. The van der Waals surface area contributed by atoms with Crippen LogP contribution in [-0.2, 0) is 4.74 Å². The molecule has 0 amide bonds. The molecule has 0 aromatic carbocycles. The van der Waals surface area contributed by atoms with Gasteiger partial charge in [0, 0.05) is 18.7 Å². The molecule has 15 heavy (non-hydrogen) atoms. The van der Waals surface area contributed by atoms with Gasteiger partial charge in [0.25, 0.3) is 0 Å². The van der Waals surface area contributed by atoms with E-state index >= 15 is 0 Å². The van der Waals surface area contributed by atoms with Crippen LogP contribution >= 0.6 is 0 Å². The molecule has 1 aliphatic heterocycles. The highest BCUT2D eigenvalue weighted by atomic mass is 16.5. The van der Waals surface area contributed by atoms with Crippen molar-refractivity contribution in [2.45, 2.75) is 69.7 Å². The molecule has 2 fully saturated rings. The van der Waals surface area contributed by atoms with Crippen LogP contribution in [0.15, 0.2) is 0 Å². The predicted molar refractivity (Wildman–Crippen MR) is 59.8 cm³/mol. The van der Waals surface area contributed by atoms with Crippen molar-refractivity contribution >= 4 is 0 Å². The van der Waals surface area contributed by atoms with Crippen LogP contribution in [0.4, 0.5) is 0 Å². The molecule has 1 unspecified atom stereocenters. The summed E-state index contributed by atoms with van der Waals surface area (Å²) in [4.78, 5) is 0. The van der Waals surface area contributed by atoms with E-state index in [4.69, 9.17) is 4.74 Å². The van der Waals surface area contributed by atoms with Crippen LogP contribution < -0.4 is 5.32 Å². The second-order valence-corrected chi connectivity index (χ2v) is 5.57. The van der Waals surface area contributed by atoms with Gasteiger partial charge in [-0.05, 0) is 46.0 Å². The molecule has 0 aromatic rings. The Morgan fingerprint density at radius 3 is 2.67 bits per heavy atom. The van der Waals surface area contributed by atoms with Gasteiger partial charge in [-0.2, -0.15) is 0 Å². The molecule has 2 rings (SSSR count). The third kappa shape index (κ3) is 2.92. The molecule has 0 radical (unpaired) electrons. The van der Waals surface area contributed by atoms with Crippen LogP contribution in [0.5, 0.6) is 0 Å². The zero-order valence-corrected chi connectivity index (χ0v) is 9.83. The van der Waals surface area contributed by atoms with E-state index in [0.717, 1.165) is 38.7 Å². The van der Waals surface area contributed by atoms with E-state index in [1.807, 2.05) is 0 Å². The lowest BCUT2D eigenvalue weighted by atomic mass is 9.93. The summed E-state index contributed by atoms with van der Waals surface area (Å²) in [6.07, 6.45) is 5.24. The standard InChI is InChI=1S/C12H23NO2/c1-12(2)8-9(6-7-15-12)13-10-4-3-5-11(10)14/h9-11,13-14H,3-8H2,1-2H3/t9?,10-,11-/m0/s1. The summed E-state index contributed by atoms with van der Waals surface area (Å²) in [5.74, 6) is 0. The number of aliphatic hydroxyl groups excluding tert-OH is 1. The molecular formula is C12H23NO2. The van der Waals surface area contributed by atoms with Crippen molar-refractivity contribution in [1.29, 1.82) is 0 Å². The summed E-state index contributed by atoms with van der Waals surface area (Å²) in [6, 6.07) is 0.843. The molecule has 1 heterocycles. The maximum atomic E-state index is 9.76. The molecule has 88 valence electrons. The third-order valence-corrected chi connectivity index (χ3v) is 3.63. The van der Waals surface area contributed by atoms with Gasteiger partial charge in [-0.1, -0.05) is 0 Å². The van der Waals surface area contributed by atoms with Gasteiger partial charge in [0.15, 0.2) is 0 Å². The minimum atomic E-state index is -0.129. The SMILES string of the molecule is CC1(C)CC(N[C@H]2CCC[C@@H]2O)CCO1. The normalized spacial score (nSPS) is 40.6. The smallest absolute Gasteiger partial charge is 0.0693 e. The first kappa shape index (κ1) is 11.4. The minimum Gasteiger partial charge on any atom is -0.392 e. The summed E-state index contributed by atoms with van der Waals surface area (Å²) in [7, 11) is 0. The fourth-order valence-electron chi connectivity index (χ4n) is 2.81. The highest BCUT2D eigenvalue weighted by molar-refractivity contribution is 4.89. The van der Waals surface area contributed by atoms with Crippen molar-refractivity contribution in [2.75, 3.05) is 6.61 Å². The number of rotatable bonds is 2. The highest BCUT2D eigenvalue weighted by Crippen LogP contribution is 2.26. The number of aliphatic hydroxyl groups is 1. The Labute approximate surface area is 92.2 Å². The second kappa shape index (κ2) is 4.40. The molecule has 3 heteroatoms. The molecule has 1 aliphatic carbocycles. The second-order valence-electron chi connectivity index (χ2n) is 5.57. The molecule has 1 saturated carbocycles. The van der Waals surface area contributed by atoms with Gasteiger partial charge in [-0.25, -0.2) is 0 Å². The lowest BCUT2D eigenvalue weighted by Gasteiger charge is -2.37. The Bertz CT molecular complexity index is 218. The molecule has 0 bridgehead atoms. The maximum absolute atomic E-state index is 9.76. The van der Waals surface area contributed by atoms with Gasteiger partial charge < -0.3 is 15.2 Å². The lowest BCUT2D eigenvalue weighted by Crippen LogP contribution is -2.49. The molecule has 2 N–H and O–H groups in total. The predicted octanol–water partition coefficient (Wildman–Crippen LogP) is 1.45. The quantitative estimate of drug-likeness (QED) is 0.729. The Balaban J connectivity index is 1.83. The van der Waals surface area contributed by atoms with Gasteiger partial charge in [0.05, 0.1) is 11.7 Å². The summed E-state index contributed by atoms with van der Waals surface area (Å²) in [6.45, 7) is 5.13. The summed E-state index contributed by atoms with van der Waals surface area (Å²) in [5.41, 5.74) is -0.000522. The van der Waals surface area contributed by atoms with Crippen LogP contribution in [0.3, 0.4) is 0 Å². The van der Waals surface area contributed by atoms with E-state index < -0.39 is 0 Å². The Morgan fingerprint density at radius 1 is 1.27 bits per heavy atom. The van der Waals surface area contributed by atoms with Crippen LogP contribution in [0.1, 0.15) is 46.0 Å². The highest BCUT2D eigenvalue weighted by Gasteiger charge is 2.32. The van der Waals surface area contributed by atoms with E-state index in [1.165, 1.54) is 0 Å². The molecule has 1 saturated heterocycles. The zero-order chi connectivity index (χ0) is 10.9. The van der Waals surface area contributed by atoms with E-state index in [1.54, 1.807) is 0 Å². The first-order valence-corrected chi connectivity index (χ1v) is 6.15. The van der Waals surface area contributed by atoms with Crippen molar-refractivity contribution in [1.82, 2.24) is 5.32 Å². The van der Waals surface area contributed by atoms with Gasteiger partial charge >= 0.3 is 0 Å². The van der Waals surface area contributed by atoms with Crippen molar-refractivity contribution in [3.05, 3.63) is 0 Å². The average Bonchev–Trinajstić information content (AvgIpc) is 2.50. The Morgan fingerprint density at radius 2 is 2.07 bits per heavy atom. The monoisotopic (exact) mass is 213 g/mol. The topological polar surface area (TPSA) is 41.5 Å². The Kier molecular flexibility index (Phi) is 3.33. The van der Waals surface area contributed by atoms with Crippen LogP contribution in [-0.4, -0.2) is 35.5 Å². The fourth-order valence-corrected chi connectivity index (χ4v) is 2.81. The summed E-state index contributed by atoms with van der Waals surface area (Å²) >= 11 is 0. The van der Waals surface area contributed by atoms with Gasteiger partial charge in [-0.3, -0.25) is 0 Å². The first-order chi connectivity index (χ1) is 7.07. The molecular weight excluding hydrogens is 190 g/mol. The largest absolute Gasteiger partial charge is 0.392 e. The number of hydrogen-bond acceptors (Lipinski definition) is 3. The first-order valence-electron chi connectivity index (χ1n) is 6.15. The molecule has 3 atom stereocenters. The van der Waals surface area contributed by atoms with Crippen molar-refractivity contribution in [3.8, 4) is 0 Å². The van der Waals surface area contributed by atoms with E-state index in [9.17, 15) is 5.11 Å². The average molecular weight is 213 g/mol. The van der Waals surface area contributed by atoms with E-state index in [0.29, 0.717) is 12.1 Å². The van der Waals surface area contributed by atoms with Crippen LogP contribution in [0.2, 0.25) is 0 Å². The molecule has 2 aliphatic rings. The molecule has 0 spiro atoms. The maximum Gasteiger partial charge on any atom is 0.0693 e.